The van der Waals surface area contributed by atoms with Crippen LogP contribution in [0, 0.1) is 5.92 Å². The lowest BCUT2D eigenvalue weighted by Crippen LogP contribution is -2.42. The molecule has 3 rings (SSSR count). The van der Waals surface area contributed by atoms with Crippen molar-refractivity contribution in [3.8, 4) is 0 Å². The van der Waals surface area contributed by atoms with Gasteiger partial charge >= 0.3 is 0 Å². The van der Waals surface area contributed by atoms with E-state index in [9.17, 15) is 9.59 Å². The van der Waals surface area contributed by atoms with Crippen LogP contribution >= 0.6 is 0 Å². The molecule has 1 N–H and O–H groups in total. The topological polar surface area (TPSA) is 71.5 Å². The molecule has 0 bridgehead atoms. The van der Waals surface area contributed by atoms with Gasteiger partial charge in [0.05, 0.1) is 19.3 Å². The Morgan fingerprint density at radius 1 is 1.24 bits per heavy atom. The molecule has 0 radical (unpaired) electrons. The Hall–Kier alpha value is -1.95. The molecule has 2 saturated heterocycles. The average molecular weight is 345 g/mol. The van der Waals surface area contributed by atoms with Crippen molar-refractivity contribution < 1.29 is 14.3 Å². The molecule has 136 valence electrons. The van der Waals surface area contributed by atoms with Crippen LogP contribution in [0.2, 0.25) is 0 Å². The Morgan fingerprint density at radius 3 is 2.92 bits per heavy atom. The van der Waals surface area contributed by atoms with Crippen molar-refractivity contribution in [1.29, 1.82) is 0 Å². The number of carbonyl (C=O) groups is 2. The zero-order chi connectivity index (χ0) is 17.5. The molecular formula is C19H27N3O3. The van der Waals surface area contributed by atoms with Gasteiger partial charge in [-0.2, -0.15) is 0 Å². The van der Waals surface area contributed by atoms with E-state index >= 15 is 0 Å². The number of pyridine rings is 1. The van der Waals surface area contributed by atoms with Gasteiger partial charge in [0, 0.05) is 44.2 Å². The van der Waals surface area contributed by atoms with Crippen LogP contribution in [0.15, 0.2) is 24.5 Å². The number of rotatable bonds is 6. The summed E-state index contributed by atoms with van der Waals surface area (Å²) < 4.78 is 5.58. The fourth-order valence-corrected chi connectivity index (χ4v) is 3.57. The standard InChI is InChI=1S/C19H27N3O3/c23-18(7-11-22-10-3-1-2-4-19(22)24)21-17-14-25-13-16(17)12-15-5-8-20-9-6-15/h5-6,8-9,16-17H,1-4,7,10-14H2,(H,21,23)/t16-,17-/m1/s1. The molecule has 0 aromatic carbocycles. The summed E-state index contributed by atoms with van der Waals surface area (Å²) >= 11 is 0. The highest BCUT2D eigenvalue weighted by Crippen LogP contribution is 2.19. The number of ether oxygens (including phenoxy) is 1. The highest BCUT2D eigenvalue weighted by Gasteiger charge is 2.29. The zero-order valence-electron chi connectivity index (χ0n) is 14.7. The first-order valence-electron chi connectivity index (χ1n) is 9.26. The molecule has 0 aliphatic carbocycles. The number of nitrogens with zero attached hydrogens (tertiary/aromatic N) is 2. The number of likely N-dealkylation sites (tertiary alicyclic amines) is 1. The Kier molecular flexibility index (Phi) is 6.39. The quantitative estimate of drug-likeness (QED) is 0.849. The molecule has 2 amide bonds. The minimum Gasteiger partial charge on any atom is -0.379 e. The number of hydrogen-bond donors (Lipinski definition) is 1. The van der Waals surface area contributed by atoms with Gasteiger partial charge in [-0.1, -0.05) is 6.42 Å². The van der Waals surface area contributed by atoms with E-state index in [1.807, 2.05) is 17.0 Å². The van der Waals surface area contributed by atoms with Crippen molar-refractivity contribution in [1.82, 2.24) is 15.2 Å². The van der Waals surface area contributed by atoms with E-state index in [-0.39, 0.29) is 23.8 Å². The normalized spacial score (nSPS) is 24.2. The summed E-state index contributed by atoms with van der Waals surface area (Å²) in [6.07, 6.45) is 8.54. The van der Waals surface area contributed by atoms with Crippen LogP contribution in [0.5, 0.6) is 0 Å². The Labute approximate surface area is 148 Å². The minimum atomic E-state index is 0.00674. The summed E-state index contributed by atoms with van der Waals surface area (Å²) in [7, 11) is 0. The number of hydrogen-bond acceptors (Lipinski definition) is 4. The third-order valence-electron chi connectivity index (χ3n) is 5.07. The lowest BCUT2D eigenvalue weighted by atomic mass is 9.95. The summed E-state index contributed by atoms with van der Waals surface area (Å²) in [6, 6.07) is 4.05. The van der Waals surface area contributed by atoms with Crippen LogP contribution in [0.1, 0.15) is 37.7 Å². The van der Waals surface area contributed by atoms with Crippen LogP contribution in [0.4, 0.5) is 0 Å². The lowest BCUT2D eigenvalue weighted by molar-refractivity contribution is -0.131. The monoisotopic (exact) mass is 345 g/mol. The molecule has 6 heteroatoms. The lowest BCUT2D eigenvalue weighted by Gasteiger charge is -2.22. The number of amides is 2. The van der Waals surface area contributed by atoms with Crippen molar-refractivity contribution in [2.45, 2.75) is 44.6 Å². The first kappa shape index (κ1) is 17.9. The minimum absolute atomic E-state index is 0.00674. The molecule has 1 aromatic rings. The number of nitrogens with one attached hydrogen (secondary N) is 1. The van der Waals surface area contributed by atoms with Gasteiger partial charge in [0.1, 0.15) is 0 Å². The summed E-state index contributed by atoms with van der Waals surface area (Å²) in [4.78, 5) is 30.2. The van der Waals surface area contributed by atoms with Crippen molar-refractivity contribution in [3.05, 3.63) is 30.1 Å². The van der Waals surface area contributed by atoms with E-state index in [2.05, 4.69) is 10.3 Å². The van der Waals surface area contributed by atoms with E-state index in [0.29, 0.717) is 32.6 Å². The van der Waals surface area contributed by atoms with Gasteiger partial charge in [0.2, 0.25) is 11.8 Å². The highest BCUT2D eigenvalue weighted by atomic mass is 16.5. The predicted octanol–water partition coefficient (Wildman–Crippen LogP) is 1.55. The van der Waals surface area contributed by atoms with Crippen molar-refractivity contribution in [2.24, 2.45) is 5.92 Å². The summed E-state index contributed by atoms with van der Waals surface area (Å²) in [5.41, 5.74) is 1.21. The van der Waals surface area contributed by atoms with E-state index in [1.165, 1.54) is 5.56 Å². The molecule has 2 aliphatic rings. The van der Waals surface area contributed by atoms with Gasteiger partial charge in [-0.05, 0) is 37.0 Å². The first-order valence-corrected chi connectivity index (χ1v) is 9.26. The smallest absolute Gasteiger partial charge is 0.222 e. The molecule has 0 saturated carbocycles. The average Bonchev–Trinajstić information content (AvgIpc) is 2.93. The molecular weight excluding hydrogens is 318 g/mol. The SMILES string of the molecule is O=C(CCN1CCCCCC1=O)N[C@@H]1COC[C@H]1Cc1ccncc1. The number of carbonyl (C=O) groups excluding carboxylic acids is 2. The second-order valence-electron chi connectivity index (χ2n) is 6.97. The fourth-order valence-electron chi connectivity index (χ4n) is 3.57. The second-order valence-corrected chi connectivity index (χ2v) is 6.97. The second kappa shape index (κ2) is 8.94. The molecule has 0 spiro atoms. The summed E-state index contributed by atoms with van der Waals surface area (Å²) in [5.74, 6) is 0.475. The van der Waals surface area contributed by atoms with Crippen LogP contribution in [0.25, 0.3) is 0 Å². The van der Waals surface area contributed by atoms with E-state index < -0.39 is 0 Å². The number of aromatic nitrogens is 1. The van der Waals surface area contributed by atoms with E-state index in [0.717, 1.165) is 32.2 Å². The molecule has 1 aromatic heterocycles. The van der Waals surface area contributed by atoms with Crippen LogP contribution in [-0.4, -0.2) is 54.0 Å². The van der Waals surface area contributed by atoms with Crippen LogP contribution < -0.4 is 5.32 Å². The first-order chi connectivity index (χ1) is 12.2. The van der Waals surface area contributed by atoms with Crippen molar-refractivity contribution in [3.63, 3.8) is 0 Å². The molecule has 2 fully saturated rings. The Bertz CT molecular complexity index is 579. The van der Waals surface area contributed by atoms with E-state index in [1.54, 1.807) is 12.4 Å². The van der Waals surface area contributed by atoms with Gasteiger partial charge in [-0.25, -0.2) is 0 Å². The third kappa shape index (κ3) is 5.26. The van der Waals surface area contributed by atoms with Gasteiger partial charge in [0.15, 0.2) is 0 Å². The molecule has 6 nitrogen and oxygen atoms in total. The summed E-state index contributed by atoms with van der Waals surface area (Å²) in [6.45, 7) is 2.53. The molecule has 2 aliphatic heterocycles. The molecule has 0 unspecified atom stereocenters. The van der Waals surface area contributed by atoms with Crippen molar-refractivity contribution in [2.75, 3.05) is 26.3 Å². The molecule has 25 heavy (non-hydrogen) atoms. The highest BCUT2D eigenvalue weighted by molar-refractivity contribution is 5.79. The van der Waals surface area contributed by atoms with Crippen LogP contribution in [-0.2, 0) is 20.7 Å². The fraction of sp³-hybridized carbons (Fsp3) is 0.632. The maximum absolute atomic E-state index is 12.3. The maximum atomic E-state index is 12.3. The third-order valence-corrected chi connectivity index (χ3v) is 5.07. The van der Waals surface area contributed by atoms with Crippen molar-refractivity contribution >= 4 is 11.8 Å². The van der Waals surface area contributed by atoms with Gasteiger partial charge in [0.25, 0.3) is 0 Å². The Balaban J connectivity index is 1.45. The predicted molar refractivity (Wildman–Crippen MR) is 93.8 cm³/mol. The molecule has 2 atom stereocenters. The molecule has 3 heterocycles. The Morgan fingerprint density at radius 2 is 2.08 bits per heavy atom. The maximum Gasteiger partial charge on any atom is 0.222 e. The van der Waals surface area contributed by atoms with E-state index in [4.69, 9.17) is 4.74 Å². The van der Waals surface area contributed by atoms with Gasteiger partial charge in [-0.15, -0.1) is 0 Å². The zero-order valence-corrected chi connectivity index (χ0v) is 14.7. The van der Waals surface area contributed by atoms with Gasteiger partial charge in [-0.3, -0.25) is 14.6 Å². The summed E-state index contributed by atoms with van der Waals surface area (Å²) in [5, 5.41) is 3.10. The van der Waals surface area contributed by atoms with Crippen LogP contribution in [0.3, 0.4) is 0 Å². The van der Waals surface area contributed by atoms with Gasteiger partial charge < -0.3 is 15.0 Å². The largest absolute Gasteiger partial charge is 0.379 e.